The molecule has 0 radical (unpaired) electrons. The minimum Gasteiger partial charge on any atom is -0.490 e. The maximum atomic E-state index is 12.9. The summed E-state index contributed by atoms with van der Waals surface area (Å²) in [6.07, 6.45) is 0. The summed E-state index contributed by atoms with van der Waals surface area (Å²) >= 11 is 0. The van der Waals surface area contributed by atoms with Crippen molar-refractivity contribution >= 4 is 10.0 Å². The molecule has 0 amide bonds. The predicted octanol–water partition coefficient (Wildman–Crippen LogP) is 5.32. The SMILES string of the molecule is CCOc1ccc([C@@H](C)NS(=O)(=O)c2ccc(Oc3ccccc3)cc2)cc1OCC. The Morgan fingerprint density at radius 3 is 2.06 bits per heavy atom. The summed E-state index contributed by atoms with van der Waals surface area (Å²) in [5.74, 6) is 2.48. The van der Waals surface area contributed by atoms with Gasteiger partial charge in [0.1, 0.15) is 11.5 Å². The van der Waals surface area contributed by atoms with Gasteiger partial charge in [0, 0.05) is 6.04 Å². The molecule has 1 atom stereocenters. The maximum absolute atomic E-state index is 12.9. The van der Waals surface area contributed by atoms with Gasteiger partial charge in [0.25, 0.3) is 0 Å². The first-order valence-electron chi connectivity index (χ1n) is 10.2. The monoisotopic (exact) mass is 441 g/mol. The van der Waals surface area contributed by atoms with Gasteiger partial charge in [-0.15, -0.1) is 0 Å². The summed E-state index contributed by atoms with van der Waals surface area (Å²) < 4.78 is 45.4. The first kappa shape index (κ1) is 22.7. The Labute approximate surface area is 183 Å². The Morgan fingerprint density at radius 2 is 1.42 bits per heavy atom. The highest BCUT2D eigenvalue weighted by molar-refractivity contribution is 7.89. The van der Waals surface area contributed by atoms with Crippen LogP contribution in [0.2, 0.25) is 0 Å². The average molecular weight is 442 g/mol. The predicted molar refractivity (Wildman–Crippen MR) is 120 cm³/mol. The van der Waals surface area contributed by atoms with Crippen molar-refractivity contribution in [1.82, 2.24) is 4.72 Å². The Morgan fingerprint density at radius 1 is 0.806 bits per heavy atom. The van der Waals surface area contributed by atoms with E-state index < -0.39 is 16.1 Å². The van der Waals surface area contributed by atoms with Gasteiger partial charge in [0.2, 0.25) is 10.0 Å². The van der Waals surface area contributed by atoms with Crippen molar-refractivity contribution in [3.63, 3.8) is 0 Å². The summed E-state index contributed by atoms with van der Waals surface area (Å²) in [4.78, 5) is 0.163. The van der Waals surface area contributed by atoms with Crippen LogP contribution in [0.5, 0.6) is 23.0 Å². The average Bonchev–Trinajstić information content (AvgIpc) is 2.76. The summed E-state index contributed by atoms with van der Waals surface area (Å²) in [5.41, 5.74) is 0.777. The van der Waals surface area contributed by atoms with Gasteiger partial charge in [-0.25, -0.2) is 13.1 Å². The van der Waals surface area contributed by atoms with Crippen LogP contribution in [0.25, 0.3) is 0 Å². The van der Waals surface area contributed by atoms with Gasteiger partial charge in [-0.1, -0.05) is 24.3 Å². The van der Waals surface area contributed by atoms with Crippen molar-refractivity contribution in [3.05, 3.63) is 78.4 Å². The first-order chi connectivity index (χ1) is 14.9. The number of hydrogen-bond acceptors (Lipinski definition) is 5. The highest BCUT2D eigenvalue weighted by atomic mass is 32.2. The van der Waals surface area contributed by atoms with Crippen molar-refractivity contribution in [2.75, 3.05) is 13.2 Å². The Balaban J connectivity index is 1.73. The van der Waals surface area contributed by atoms with E-state index in [4.69, 9.17) is 14.2 Å². The third-order valence-electron chi connectivity index (χ3n) is 4.51. The largest absolute Gasteiger partial charge is 0.490 e. The fraction of sp³-hybridized carbons (Fsp3) is 0.250. The molecule has 7 heteroatoms. The van der Waals surface area contributed by atoms with E-state index in [0.717, 1.165) is 5.56 Å². The van der Waals surface area contributed by atoms with Crippen molar-refractivity contribution in [2.24, 2.45) is 0 Å². The number of nitrogens with one attached hydrogen (secondary N) is 1. The quantitative estimate of drug-likeness (QED) is 0.461. The minimum atomic E-state index is -3.72. The number of ether oxygens (including phenoxy) is 3. The molecule has 0 bridgehead atoms. The molecule has 164 valence electrons. The van der Waals surface area contributed by atoms with Gasteiger partial charge in [-0.2, -0.15) is 0 Å². The number of para-hydroxylation sites is 1. The van der Waals surface area contributed by atoms with Crippen LogP contribution in [0.4, 0.5) is 0 Å². The van der Waals surface area contributed by atoms with Crippen molar-refractivity contribution < 1.29 is 22.6 Å². The number of benzene rings is 3. The van der Waals surface area contributed by atoms with Crippen LogP contribution in [-0.2, 0) is 10.0 Å². The molecule has 0 saturated heterocycles. The van der Waals surface area contributed by atoms with Crippen LogP contribution in [0.1, 0.15) is 32.4 Å². The standard InChI is InChI=1S/C24H27NO5S/c1-4-28-23-16-11-19(17-24(23)29-5-2)18(3)25-31(26,27)22-14-12-21(13-15-22)30-20-9-7-6-8-10-20/h6-18,25H,4-5H2,1-3H3/t18-/m1/s1. The number of hydrogen-bond donors (Lipinski definition) is 1. The summed E-state index contributed by atoms with van der Waals surface area (Å²) in [7, 11) is -3.72. The van der Waals surface area contributed by atoms with Gasteiger partial charge >= 0.3 is 0 Å². The second-order valence-electron chi connectivity index (χ2n) is 6.80. The zero-order valence-electron chi connectivity index (χ0n) is 17.9. The van der Waals surface area contributed by atoms with Gasteiger partial charge < -0.3 is 14.2 Å². The van der Waals surface area contributed by atoms with Crippen LogP contribution in [0.15, 0.2) is 77.7 Å². The van der Waals surface area contributed by atoms with E-state index in [9.17, 15) is 8.42 Å². The van der Waals surface area contributed by atoms with Crippen LogP contribution < -0.4 is 18.9 Å². The molecule has 0 spiro atoms. The molecule has 3 rings (SSSR count). The van der Waals surface area contributed by atoms with E-state index >= 15 is 0 Å². The third kappa shape index (κ3) is 5.99. The zero-order chi connectivity index (χ0) is 22.3. The molecule has 0 unspecified atom stereocenters. The van der Waals surface area contributed by atoms with Crippen LogP contribution in [0, 0.1) is 0 Å². The number of sulfonamides is 1. The van der Waals surface area contributed by atoms with Gasteiger partial charge in [0.05, 0.1) is 18.1 Å². The molecule has 3 aromatic carbocycles. The highest BCUT2D eigenvalue weighted by Gasteiger charge is 2.20. The molecule has 0 aromatic heterocycles. The van der Waals surface area contributed by atoms with E-state index in [2.05, 4.69) is 4.72 Å². The molecular weight excluding hydrogens is 414 g/mol. The van der Waals surface area contributed by atoms with Crippen molar-refractivity contribution in [2.45, 2.75) is 31.7 Å². The molecule has 0 saturated carbocycles. The molecule has 6 nitrogen and oxygen atoms in total. The normalized spacial score (nSPS) is 12.2. The van der Waals surface area contributed by atoms with Crippen LogP contribution in [0.3, 0.4) is 0 Å². The lowest BCUT2D eigenvalue weighted by Gasteiger charge is -2.18. The molecule has 0 fully saturated rings. The van der Waals surface area contributed by atoms with Crippen molar-refractivity contribution in [1.29, 1.82) is 0 Å². The Kier molecular flexibility index (Phi) is 7.55. The fourth-order valence-electron chi connectivity index (χ4n) is 3.02. The molecule has 0 heterocycles. The van der Waals surface area contributed by atoms with Crippen molar-refractivity contribution in [3.8, 4) is 23.0 Å². The third-order valence-corrected chi connectivity index (χ3v) is 6.07. The molecule has 0 aliphatic carbocycles. The second-order valence-corrected chi connectivity index (χ2v) is 8.52. The zero-order valence-corrected chi connectivity index (χ0v) is 18.7. The van der Waals surface area contributed by atoms with Crippen LogP contribution in [-0.4, -0.2) is 21.6 Å². The highest BCUT2D eigenvalue weighted by Crippen LogP contribution is 2.31. The smallest absolute Gasteiger partial charge is 0.241 e. The lowest BCUT2D eigenvalue weighted by atomic mass is 10.1. The Bertz CT molecular complexity index is 1080. The molecule has 0 aliphatic rings. The van der Waals surface area contributed by atoms with Gasteiger partial charge in [0.15, 0.2) is 11.5 Å². The second kappa shape index (κ2) is 10.3. The fourth-order valence-corrected chi connectivity index (χ4v) is 4.25. The van der Waals surface area contributed by atoms with E-state index in [-0.39, 0.29) is 4.90 Å². The van der Waals surface area contributed by atoms with E-state index in [1.807, 2.05) is 50.2 Å². The Hall–Kier alpha value is -3.03. The molecule has 31 heavy (non-hydrogen) atoms. The lowest BCUT2D eigenvalue weighted by Crippen LogP contribution is -2.26. The molecule has 3 aromatic rings. The molecule has 1 N–H and O–H groups in total. The maximum Gasteiger partial charge on any atom is 0.241 e. The lowest BCUT2D eigenvalue weighted by molar-refractivity contribution is 0.287. The van der Waals surface area contributed by atoms with Gasteiger partial charge in [-0.05, 0) is 74.9 Å². The van der Waals surface area contributed by atoms with Gasteiger partial charge in [-0.3, -0.25) is 0 Å². The topological polar surface area (TPSA) is 73.9 Å². The number of rotatable bonds is 10. The minimum absolute atomic E-state index is 0.163. The molecular formula is C24H27NO5S. The summed E-state index contributed by atoms with van der Waals surface area (Å²) in [5, 5.41) is 0. The first-order valence-corrected chi connectivity index (χ1v) is 11.7. The van der Waals surface area contributed by atoms with E-state index in [1.165, 1.54) is 12.1 Å². The van der Waals surface area contributed by atoms with E-state index in [0.29, 0.717) is 36.2 Å². The summed E-state index contributed by atoms with van der Waals surface area (Å²) in [6.45, 7) is 6.58. The van der Waals surface area contributed by atoms with E-state index in [1.54, 1.807) is 31.2 Å². The molecule has 0 aliphatic heterocycles. The van der Waals surface area contributed by atoms with Crippen LogP contribution >= 0.6 is 0 Å². The summed E-state index contributed by atoms with van der Waals surface area (Å²) in [6, 6.07) is 20.6.